The SMILES string of the molecule is CCc1csc(C(F)C(=O)O)n1. The Hall–Kier alpha value is -0.970. The molecule has 1 rings (SSSR count). The average molecular weight is 189 g/mol. The average Bonchev–Trinajstić information content (AvgIpc) is 2.50. The second-order valence-corrected chi connectivity index (χ2v) is 3.12. The third kappa shape index (κ3) is 1.79. The standard InChI is InChI=1S/C7H8FNO2S/c1-2-4-3-12-6(9-4)5(8)7(10)11/h3,5H,2H2,1H3,(H,10,11). The number of alkyl halides is 1. The zero-order valence-electron chi connectivity index (χ0n) is 6.45. The molecule has 12 heavy (non-hydrogen) atoms. The largest absolute Gasteiger partial charge is 0.479 e. The molecule has 0 aliphatic rings. The topological polar surface area (TPSA) is 50.2 Å². The van der Waals surface area contributed by atoms with Crippen molar-refractivity contribution in [2.24, 2.45) is 0 Å². The van der Waals surface area contributed by atoms with Gasteiger partial charge in [0.25, 0.3) is 0 Å². The Kier molecular flexibility index (Phi) is 2.75. The normalized spacial score (nSPS) is 12.8. The molecule has 1 atom stereocenters. The number of hydrogen-bond acceptors (Lipinski definition) is 3. The van der Waals surface area contributed by atoms with Crippen LogP contribution >= 0.6 is 11.3 Å². The van der Waals surface area contributed by atoms with Gasteiger partial charge in [-0.3, -0.25) is 0 Å². The Bertz CT molecular complexity index is 287. The minimum absolute atomic E-state index is 0.0272. The summed E-state index contributed by atoms with van der Waals surface area (Å²) in [5.74, 6) is -1.48. The van der Waals surface area contributed by atoms with E-state index in [0.29, 0.717) is 6.42 Å². The van der Waals surface area contributed by atoms with Crippen LogP contribution in [0.4, 0.5) is 4.39 Å². The molecule has 0 saturated heterocycles. The molecule has 1 aromatic heterocycles. The number of hydrogen-bond donors (Lipinski definition) is 1. The number of carboxylic acid groups (broad SMARTS) is 1. The van der Waals surface area contributed by atoms with E-state index in [4.69, 9.17) is 5.11 Å². The lowest BCUT2D eigenvalue weighted by molar-refractivity contribution is -0.143. The summed E-state index contributed by atoms with van der Waals surface area (Å²) in [5.41, 5.74) is 0.735. The van der Waals surface area contributed by atoms with Crippen LogP contribution in [-0.4, -0.2) is 16.1 Å². The number of aliphatic carboxylic acids is 1. The summed E-state index contributed by atoms with van der Waals surface area (Å²) >= 11 is 1.04. The van der Waals surface area contributed by atoms with Gasteiger partial charge in [0.15, 0.2) is 0 Å². The second-order valence-electron chi connectivity index (χ2n) is 2.23. The minimum atomic E-state index is -1.98. The maximum Gasteiger partial charge on any atom is 0.345 e. The van der Waals surface area contributed by atoms with E-state index >= 15 is 0 Å². The number of nitrogens with zero attached hydrogens (tertiary/aromatic N) is 1. The molecule has 1 unspecified atom stereocenters. The van der Waals surface area contributed by atoms with E-state index in [9.17, 15) is 9.18 Å². The molecule has 0 amide bonds. The molecule has 0 spiro atoms. The Balaban J connectivity index is 2.81. The number of thiazole rings is 1. The molecule has 1 aromatic rings. The van der Waals surface area contributed by atoms with Gasteiger partial charge in [-0.25, -0.2) is 14.2 Å². The zero-order valence-corrected chi connectivity index (χ0v) is 7.27. The summed E-state index contributed by atoms with van der Waals surface area (Å²) in [6, 6.07) is 0. The van der Waals surface area contributed by atoms with Crippen LogP contribution in [0.15, 0.2) is 5.38 Å². The Morgan fingerprint density at radius 2 is 2.58 bits per heavy atom. The lowest BCUT2D eigenvalue weighted by Crippen LogP contribution is -2.05. The molecule has 0 aromatic carbocycles. The number of carbonyl (C=O) groups is 1. The fourth-order valence-electron chi connectivity index (χ4n) is 0.707. The van der Waals surface area contributed by atoms with E-state index in [1.165, 1.54) is 0 Å². The van der Waals surface area contributed by atoms with Crippen molar-refractivity contribution in [3.8, 4) is 0 Å². The molecule has 0 fully saturated rings. The van der Waals surface area contributed by atoms with Gasteiger partial charge in [-0.05, 0) is 6.42 Å². The van der Waals surface area contributed by atoms with Gasteiger partial charge in [0.05, 0.1) is 5.69 Å². The first kappa shape index (κ1) is 9.12. The predicted molar refractivity (Wildman–Crippen MR) is 43.0 cm³/mol. The highest BCUT2D eigenvalue weighted by atomic mass is 32.1. The van der Waals surface area contributed by atoms with Gasteiger partial charge < -0.3 is 5.11 Å². The van der Waals surface area contributed by atoms with Crippen molar-refractivity contribution in [3.63, 3.8) is 0 Å². The van der Waals surface area contributed by atoms with Crippen LogP contribution in [0.2, 0.25) is 0 Å². The Morgan fingerprint density at radius 1 is 1.92 bits per heavy atom. The maximum atomic E-state index is 12.8. The molecule has 0 radical (unpaired) electrons. The summed E-state index contributed by atoms with van der Waals surface area (Å²) in [4.78, 5) is 14.0. The van der Waals surface area contributed by atoms with Crippen molar-refractivity contribution in [3.05, 3.63) is 16.1 Å². The highest BCUT2D eigenvalue weighted by Gasteiger charge is 2.21. The quantitative estimate of drug-likeness (QED) is 0.788. The lowest BCUT2D eigenvalue weighted by Gasteiger charge is -1.95. The van der Waals surface area contributed by atoms with E-state index < -0.39 is 12.1 Å². The van der Waals surface area contributed by atoms with E-state index in [2.05, 4.69) is 4.98 Å². The first-order valence-corrected chi connectivity index (χ1v) is 4.34. The van der Waals surface area contributed by atoms with Crippen molar-refractivity contribution in [1.82, 2.24) is 4.98 Å². The molecule has 0 aliphatic heterocycles. The zero-order chi connectivity index (χ0) is 9.14. The summed E-state index contributed by atoms with van der Waals surface area (Å²) in [6.07, 6.45) is -1.28. The first-order valence-electron chi connectivity index (χ1n) is 3.46. The molecule has 5 heteroatoms. The first-order chi connectivity index (χ1) is 5.65. The van der Waals surface area contributed by atoms with Crippen LogP contribution in [0.3, 0.4) is 0 Å². The molecule has 1 N–H and O–H groups in total. The van der Waals surface area contributed by atoms with Crippen LogP contribution < -0.4 is 0 Å². The van der Waals surface area contributed by atoms with Crippen molar-refractivity contribution in [2.75, 3.05) is 0 Å². The summed E-state index contributed by atoms with van der Waals surface area (Å²) in [7, 11) is 0. The van der Waals surface area contributed by atoms with E-state index in [0.717, 1.165) is 17.0 Å². The Labute approximate surface area is 72.9 Å². The lowest BCUT2D eigenvalue weighted by atomic mass is 10.4. The molecular weight excluding hydrogens is 181 g/mol. The highest BCUT2D eigenvalue weighted by molar-refractivity contribution is 7.09. The van der Waals surface area contributed by atoms with Crippen molar-refractivity contribution >= 4 is 17.3 Å². The number of aromatic nitrogens is 1. The molecule has 0 saturated carbocycles. The second kappa shape index (κ2) is 3.62. The van der Waals surface area contributed by atoms with Gasteiger partial charge in [0.1, 0.15) is 5.01 Å². The van der Waals surface area contributed by atoms with Gasteiger partial charge in [-0.1, -0.05) is 6.92 Å². The summed E-state index contributed by atoms with van der Waals surface area (Å²) < 4.78 is 12.8. The van der Waals surface area contributed by atoms with Crippen LogP contribution in [0.25, 0.3) is 0 Å². The predicted octanol–water partition coefficient (Wildman–Crippen LogP) is 1.80. The fourth-order valence-corrected chi connectivity index (χ4v) is 1.57. The number of halogens is 1. The van der Waals surface area contributed by atoms with E-state index in [-0.39, 0.29) is 5.01 Å². The third-order valence-electron chi connectivity index (χ3n) is 1.37. The molecular formula is C7H8FNO2S. The maximum absolute atomic E-state index is 12.8. The summed E-state index contributed by atoms with van der Waals surface area (Å²) in [5, 5.41) is 10.0. The van der Waals surface area contributed by atoms with Gasteiger partial charge in [0, 0.05) is 5.38 Å². The molecule has 3 nitrogen and oxygen atoms in total. The summed E-state index contributed by atoms with van der Waals surface area (Å²) in [6.45, 7) is 1.88. The third-order valence-corrected chi connectivity index (χ3v) is 2.30. The molecule has 66 valence electrons. The van der Waals surface area contributed by atoms with Crippen LogP contribution in [-0.2, 0) is 11.2 Å². The molecule has 0 aliphatic carbocycles. The monoisotopic (exact) mass is 189 g/mol. The van der Waals surface area contributed by atoms with Crippen LogP contribution in [0, 0.1) is 0 Å². The Morgan fingerprint density at radius 3 is 3.00 bits per heavy atom. The number of rotatable bonds is 3. The highest BCUT2D eigenvalue weighted by Crippen LogP contribution is 2.21. The van der Waals surface area contributed by atoms with Gasteiger partial charge >= 0.3 is 5.97 Å². The van der Waals surface area contributed by atoms with Crippen LogP contribution in [0.5, 0.6) is 0 Å². The molecule has 1 heterocycles. The van der Waals surface area contributed by atoms with Crippen LogP contribution in [0.1, 0.15) is 23.8 Å². The van der Waals surface area contributed by atoms with Crippen molar-refractivity contribution in [1.29, 1.82) is 0 Å². The van der Waals surface area contributed by atoms with Crippen molar-refractivity contribution in [2.45, 2.75) is 19.5 Å². The van der Waals surface area contributed by atoms with Gasteiger partial charge in [0.2, 0.25) is 6.17 Å². The minimum Gasteiger partial charge on any atom is -0.479 e. The van der Waals surface area contributed by atoms with Gasteiger partial charge in [-0.2, -0.15) is 0 Å². The van der Waals surface area contributed by atoms with Crippen molar-refractivity contribution < 1.29 is 14.3 Å². The van der Waals surface area contributed by atoms with Gasteiger partial charge in [-0.15, -0.1) is 11.3 Å². The number of aryl methyl sites for hydroxylation is 1. The van der Waals surface area contributed by atoms with E-state index in [1.807, 2.05) is 6.92 Å². The smallest absolute Gasteiger partial charge is 0.345 e. The fraction of sp³-hybridized carbons (Fsp3) is 0.429. The van der Waals surface area contributed by atoms with E-state index in [1.54, 1.807) is 5.38 Å². The molecule has 0 bridgehead atoms. The number of carboxylic acids is 1.